The Kier molecular flexibility index (Phi) is 6.96. The van der Waals surface area contributed by atoms with Crippen LogP contribution in [0.4, 0.5) is 14.9 Å². The molecule has 12 heteroatoms. The highest BCUT2D eigenvalue weighted by molar-refractivity contribution is 7.22. The van der Waals surface area contributed by atoms with Gasteiger partial charge in [-0.15, -0.1) is 11.3 Å². The zero-order valence-electron chi connectivity index (χ0n) is 15.1. The van der Waals surface area contributed by atoms with Crippen LogP contribution < -0.4 is 14.8 Å². The van der Waals surface area contributed by atoms with E-state index in [1.807, 2.05) is 0 Å². The fraction of sp³-hybridized carbons (Fsp3) is 0.294. The summed E-state index contributed by atoms with van der Waals surface area (Å²) in [6, 6.07) is 2.81. The minimum Gasteiger partial charge on any atom is -0.484 e. The number of hydrogen-bond donors (Lipinski definition) is 2. The Morgan fingerprint density at radius 2 is 2.14 bits per heavy atom. The van der Waals surface area contributed by atoms with Crippen LogP contribution in [0.15, 0.2) is 24.5 Å². The van der Waals surface area contributed by atoms with Gasteiger partial charge in [0.05, 0.1) is 34.9 Å². The van der Waals surface area contributed by atoms with Crippen molar-refractivity contribution >= 4 is 44.9 Å². The number of thiazole rings is 1. The number of hydrogen-bond acceptors (Lipinski definition) is 9. The van der Waals surface area contributed by atoms with Gasteiger partial charge in [0.1, 0.15) is 19.3 Å². The second-order valence-corrected chi connectivity index (χ2v) is 7.31. The van der Waals surface area contributed by atoms with Crippen molar-refractivity contribution in [3.63, 3.8) is 0 Å². The standard InChI is InChI=1S/C17H16ClFN4O5S/c1-9(28-13-5-14-12(4-11(13)19)23-15(18)29-14)8-27-17(25)22-10-6-20-16(21-7-10)26-3-2-24/h4-7,9,24H,2-3,8H2,1H3,(H,22,25)/t9-/m0/s1. The lowest BCUT2D eigenvalue weighted by Gasteiger charge is -2.15. The number of anilines is 1. The third-order valence-corrected chi connectivity index (χ3v) is 4.51. The molecule has 2 aromatic heterocycles. The molecular weight excluding hydrogens is 427 g/mol. The predicted octanol–water partition coefficient (Wildman–Crippen LogP) is 3.27. The molecule has 0 spiro atoms. The molecular formula is C17H16ClFN4O5S. The Balaban J connectivity index is 1.49. The van der Waals surface area contributed by atoms with Crippen molar-refractivity contribution in [3.05, 3.63) is 34.8 Å². The van der Waals surface area contributed by atoms with E-state index in [-0.39, 0.29) is 31.6 Å². The summed E-state index contributed by atoms with van der Waals surface area (Å²) in [6.07, 6.45) is 1.29. The van der Waals surface area contributed by atoms with Gasteiger partial charge in [0.15, 0.2) is 16.0 Å². The van der Waals surface area contributed by atoms with Crippen molar-refractivity contribution in [2.75, 3.05) is 25.1 Å². The van der Waals surface area contributed by atoms with Crippen LogP contribution in [0.5, 0.6) is 11.8 Å². The molecule has 0 unspecified atom stereocenters. The molecule has 0 aliphatic carbocycles. The Hall–Kier alpha value is -2.76. The Bertz CT molecular complexity index is 988. The van der Waals surface area contributed by atoms with Gasteiger partial charge in [-0.1, -0.05) is 11.6 Å². The van der Waals surface area contributed by atoms with Crippen molar-refractivity contribution in [2.24, 2.45) is 0 Å². The smallest absolute Gasteiger partial charge is 0.411 e. The van der Waals surface area contributed by atoms with Crippen LogP contribution in [0.3, 0.4) is 0 Å². The summed E-state index contributed by atoms with van der Waals surface area (Å²) in [4.78, 5) is 23.6. The second-order valence-electron chi connectivity index (χ2n) is 5.70. The molecule has 0 aliphatic heterocycles. The molecule has 29 heavy (non-hydrogen) atoms. The van der Waals surface area contributed by atoms with Crippen LogP contribution in [0, 0.1) is 5.82 Å². The molecule has 0 saturated carbocycles. The predicted molar refractivity (Wildman–Crippen MR) is 104 cm³/mol. The third-order valence-electron chi connectivity index (χ3n) is 3.39. The molecule has 0 bridgehead atoms. The highest BCUT2D eigenvalue weighted by Gasteiger charge is 2.14. The first-order valence-corrected chi connectivity index (χ1v) is 9.55. The van der Waals surface area contributed by atoms with Crippen LogP contribution in [0.25, 0.3) is 10.2 Å². The monoisotopic (exact) mass is 442 g/mol. The molecule has 0 fully saturated rings. The number of rotatable bonds is 8. The van der Waals surface area contributed by atoms with Crippen LogP contribution in [0.2, 0.25) is 4.47 Å². The highest BCUT2D eigenvalue weighted by atomic mass is 35.5. The number of ether oxygens (including phenoxy) is 3. The lowest BCUT2D eigenvalue weighted by molar-refractivity contribution is 0.0969. The van der Waals surface area contributed by atoms with Crippen molar-refractivity contribution in [3.8, 4) is 11.8 Å². The van der Waals surface area contributed by atoms with E-state index in [0.717, 1.165) is 0 Å². The molecule has 2 N–H and O–H groups in total. The lowest BCUT2D eigenvalue weighted by Crippen LogP contribution is -2.24. The van der Waals surface area contributed by atoms with Crippen molar-refractivity contribution < 1.29 is 28.5 Å². The molecule has 0 radical (unpaired) electrons. The average Bonchev–Trinajstić information content (AvgIpc) is 3.05. The normalized spacial score (nSPS) is 11.9. The summed E-state index contributed by atoms with van der Waals surface area (Å²) in [5, 5.41) is 11.1. The number of carbonyl (C=O) groups is 1. The van der Waals surface area contributed by atoms with Gasteiger partial charge >= 0.3 is 12.1 Å². The van der Waals surface area contributed by atoms with Crippen molar-refractivity contribution in [1.29, 1.82) is 0 Å². The molecule has 9 nitrogen and oxygen atoms in total. The number of nitrogens with zero attached hydrogens (tertiary/aromatic N) is 3. The topological polar surface area (TPSA) is 116 Å². The first-order chi connectivity index (χ1) is 13.9. The summed E-state index contributed by atoms with van der Waals surface area (Å²) in [5.41, 5.74) is 0.738. The minimum atomic E-state index is -0.752. The zero-order valence-corrected chi connectivity index (χ0v) is 16.7. The summed E-state index contributed by atoms with van der Waals surface area (Å²) >= 11 is 7.04. The first-order valence-electron chi connectivity index (χ1n) is 8.36. The molecule has 1 atom stereocenters. The van der Waals surface area contributed by atoms with Crippen molar-refractivity contribution in [1.82, 2.24) is 15.0 Å². The Morgan fingerprint density at radius 1 is 1.38 bits per heavy atom. The number of aliphatic hydroxyl groups excluding tert-OH is 1. The molecule has 2 heterocycles. The molecule has 0 saturated heterocycles. The van der Waals surface area contributed by atoms with E-state index in [1.54, 1.807) is 6.92 Å². The summed E-state index contributed by atoms with van der Waals surface area (Å²) in [5.74, 6) is -0.572. The molecule has 3 aromatic rings. The first kappa shape index (κ1) is 21.0. The largest absolute Gasteiger partial charge is 0.484 e. The zero-order chi connectivity index (χ0) is 20.8. The number of nitrogens with one attached hydrogen (secondary N) is 1. The second kappa shape index (κ2) is 9.63. The minimum absolute atomic E-state index is 0.0150. The highest BCUT2D eigenvalue weighted by Crippen LogP contribution is 2.31. The molecule has 3 rings (SSSR count). The number of amides is 1. The van der Waals surface area contributed by atoms with E-state index < -0.39 is 18.0 Å². The van der Waals surface area contributed by atoms with Gasteiger partial charge in [-0.25, -0.2) is 24.1 Å². The molecule has 1 aromatic carbocycles. The number of aromatic nitrogens is 3. The van der Waals surface area contributed by atoms with Crippen molar-refractivity contribution in [2.45, 2.75) is 13.0 Å². The van der Waals surface area contributed by atoms with Gasteiger partial charge in [0, 0.05) is 12.1 Å². The summed E-state index contributed by atoms with van der Waals surface area (Å²) in [6.45, 7) is 1.42. The van der Waals surface area contributed by atoms with Crippen LogP contribution in [-0.2, 0) is 4.74 Å². The van der Waals surface area contributed by atoms with Gasteiger partial charge < -0.3 is 19.3 Å². The quantitative estimate of drug-likeness (QED) is 0.546. The van der Waals surface area contributed by atoms with E-state index in [9.17, 15) is 9.18 Å². The van der Waals surface area contributed by atoms with E-state index in [0.29, 0.717) is 20.4 Å². The van der Waals surface area contributed by atoms with Gasteiger partial charge in [0.25, 0.3) is 0 Å². The van der Waals surface area contributed by atoms with E-state index >= 15 is 0 Å². The Morgan fingerprint density at radius 3 is 2.86 bits per heavy atom. The van der Waals surface area contributed by atoms with Gasteiger partial charge in [0.2, 0.25) is 0 Å². The number of benzene rings is 1. The molecule has 154 valence electrons. The van der Waals surface area contributed by atoms with E-state index in [4.69, 9.17) is 30.9 Å². The lowest BCUT2D eigenvalue weighted by atomic mass is 10.3. The van der Waals surface area contributed by atoms with Gasteiger partial charge in [-0.05, 0) is 6.92 Å². The number of aliphatic hydroxyl groups is 1. The van der Waals surface area contributed by atoms with E-state index in [1.165, 1.54) is 35.9 Å². The molecule has 0 aliphatic rings. The SMILES string of the molecule is C[C@@H](COC(=O)Nc1cnc(OCCO)nc1)Oc1cc2sc(Cl)nc2cc1F. The number of carbonyl (C=O) groups excluding carboxylic acids is 1. The van der Waals surface area contributed by atoms with Gasteiger partial charge in [-0.3, -0.25) is 5.32 Å². The Labute approximate surface area is 173 Å². The third kappa shape index (κ3) is 5.86. The maximum Gasteiger partial charge on any atom is 0.411 e. The fourth-order valence-electron chi connectivity index (χ4n) is 2.18. The van der Waals surface area contributed by atoms with E-state index in [2.05, 4.69) is 20.3 Å². The molecule has 1 amide bonds. The van der Waals surface area contributed by atoms with Gasteiger partial charge in [-0.2, -0.15) is 0 Å². The maximum atomic E-state index is 14.1. The maximum absolute atomic E-state index is 14.1. The fourth-order valence-corrected chi connectivity index (χ4v) is 3.22. The average molecular weight is 443 g/mol. The number of fused-ring (bicyclic) bond motifs is 1. The summed E-state index contributed by atoms with van der Waals surface area (Å²) < 4.78 is 30.7. The summed E-state index contributed by atoms with van der Waals surface area (Å²) in [7, 11) is 0. The van der Waals surface area contributed by atoms with Crippen LogP contribution in [-0.4, -0.2) is 52.1 Å². The number of halogens is 2. The van der Waals surface area contributed by atoms with Crippen LogP contribution in [0.1, 0.15) is 6.92 Å². The van der Waals surface area contributed by atoms with Crippen LogP contribution >= 0.6 is 22.9 Å².